The number of hydrogen-bond acceptors (Lipinski definition) is 9. The van der Waals surface area contributed by atoms with Crippen molar-refractivity contribution in [2.75, 3.05) is 18.9 Å². The summed E-state index contributed by atoms with van der Waals surface area (Å²) in [6, 6.07) is 10.7. The molecule has 12 heteroatoms. The molecule has 0 aliphatic carbocycles. The molecule has 0 amide bonds. The highest BCUT2D eigenvalue weighted by atomic mass is 32.2. The average molecular weight is 436 g/mol. The van der Waals surface area contributed by atoms with Crippen LogP contribution in [0.4, 0.5) is 11.6 Å². The standard InChI is InChI=1S/C17H16N4O6S2/c1-26-14-7-6-11(8-15(14)27-2)10-29(24,25)20-17-18-16(28-19-17)12-4-3-5-13(9-12)21(22)23/h3-9H,10H2,1-2H3,(H,19,20). The van der Waals surface area contributed by atoms with Crippen molar-refractivity contribution in [3.63, 3.8) is 0 Å². The lowest BCUT2D eigenvalue weighted by molar-refractivity contribution is -0.384. The van der Waals surface area contributed by atoms with Crippen molar-refractivity contribution in [3.05, 3.63) is 58.1 Å². The number of ether oxygens (including phenoxy) is 2. The second kappa shape index (κ2) is 8.41. The third-order valence-corrected chi connectivity index (χ3v) is 5.75. The minimum Gasteiger partial charge on any atom is -0.493 e. The van der Waals surface area contributed by atoms with Gasteiger partial charge in [0.15, 0.2) is 11.5 Å². The molecule has 0 radical (unpaired) electrons. The number of nitro benzene ring substituents is 1. The zero-order valence-corrected chi connectivity index (χ0v) is 17.0. The highest BCUT2D eigenvalue weighted by Gasteiger charge is 2.18. The summed E-state index contributed by atoms with van der Waals surface area (Å²) in [4.78, 5) is 14.5. The Bertz CT molecular complexity index is 1150. The van der Waals surface area contributed by atoms with Crippen molar-refractivity contribution in [2.45, 2.75) is 5.75 Å². The molecule has 0 spiro atoms. The van der Waals surface area contributed by atoms with Crippen LogP contribution in [-0.4, -0.2) is 36.9 Å². The number of nitro groups is 1. The molecule has 2 aromatic carbocycles. The summed E-state index contributed by atoms with van der Waals surface area (Å²) in [5, 5.41) is 11.3. The van der Waals surface area contributed by atoms with Crippen molar-refractivity contribution in [3.8, 4) is 22.1 Å². The first kappa shape index (κ1) is 20.5. The first-order chi connectivity index (χ1) is 13.8. The third-order valence-electron chi connectivity index (χ3n) is 3.78. The van der Waals surface area contributed by atoms with E-state index in [1.54, 1.807) is 24.3 Å². The number of methoxy groups -OCH3 is 2. The van der Waals surface area contributed by atoms with Crippen LogP contribution >= 0.6 is 11.5 Å². The van der Waals surface area contributed by atoms with Crippen LogP contribution in [0.3, 0.4) is 0 Å². The maximum Gasteiger partial charge on any atom is 0.270 e. The number of rotatable bonds is 8. The fourth-order valence-electron chi connectivity index (χ4n) is 2.50. The summed E-state index contributed by atoms with van der Waals surface area (Å²) in [5.74, 6) is 0.486. The molecular formula is C17H16N4O6S2. The van der Waals surface area contributed by atoms with E-state index in [9.17, 15) is 18.5 Å². The minimum absolute atomic E-state index is 0.0896. The molecule has 0 unspecified atom stereocenters. The summed E-state index contributed by atoms with van der Waals surface area (Å²) < 4.78 is 41.5. The van der Waals surface area contributed by atoms with E-state index < -0.39 is 14.9 Å². The maximum atomic E-state index is 12.5. The number of hydrogen-bond donors (Lipinski definition) is 1. The Morgan fingerprint density at radius 3 is 2.59 bits per heavy atom. The van der Waals surface area contributed by atoms with Gasteiger partial charge in [-0.15, -0.1) is 0 Å². The molecule has 29 heavy (non-hydrogen) atoms. The van der Waals surface area contributed by atoms with E-state index in [4.69, 9.17) is 9.47 Å². The van der Waals surface area contributed by atoms with Gasteiger partial charge < -0.3 is 9.47 Å². The molecule has 0 saturated heterocycles. The van der Waals surface area contributed by atoms with Crippen LogP contribution in [-0.2, 0) is 15.8 Å². The predicted octanol–water partition coefficient (Wildman–Crippen LogP) is 3.07. The monoisotopic (exact) mass is 436 g/mol. The van der Waals surface area contributed by atoms with E-state index in [0.29, 0.717) is 27.6 Å². The molecule has 3 aromatic rings. The molecule has 152 valence electrons. The number of nitrogens with zero attached hydrogens (tertiary/aromatic N) is 3. The van der Waals surface area contributed by atoms with Gasteiger partial charge in [0.05, 0.1) is 24.9 Å². The highest BCUT2D eigenvalue weighted by molar-refractivity contribution is 7.91. The van der Waals surface area contributed by atoms with Crippen LogP contribution < -0.4 is 14.2 Å². The van der Waals surface area contributed by atoms with Gasteiger partial charge in [0, 0.05) is 17.7 Å². The minimum atomic E-state index is -3.80. The molecule has 0 atom stereocenters. The number of nitrogens with one attached hydrogen (secondary N) is 1. The molecule has 3 rings (SSSR count). The second-order valence-corrected chi connectivity index (χ2v) is 8.26. The quantitative estimate of drug-likeness (QED) is 0.421. The van der Waals surface area contributed by atoms with E-state index in [-0.39, 0.29) is 17.4 Å². The normalized spacial score (nSPS) is 11.1. The van der Waals surface area contributed by atoms with Gasteiger partial charge in [-0.3, -0.25) is 14.8 Å². The van der Waals surface area contributed by atoms with Gasteiger partial charge >= 0.3 is 0 Å². The fraction of sp³-hybridized carbons (Fsp3) is 0.176. The van der Waals surface area contributed by atoms with Crippen LogP contribution in [0, 0.1) is 10.1 Å². The summed E-state index contributed by atoms with van der Waals surface area (Å²) in [7, 11) is -0.846. The molecule has 0 aliphatic rings. The predicted molar refractivity (Wildman–Crippen MR) is 108 cm³/mol. The van der Waals surface area contributed by atoms with Crippen molar-refractivity contribution in [2.24, 2.45) is 0 Å². The number of sulfonamides is 1. The Morgan fingerprint density at radius 2 is 1.90 bits per heavy atom. The second-order valence-electron chi connectivity index (χ2n) is 5.78. The average Bonchev–Trinajstić information content (AvgIpc) is 3.15. The lowest BCUT2D eigenvalue weighted by atomic mass is 10.2. The van der Waals surface area contributed by atoms with Gasteiger partial charge in [0.25, 0.3) is 5.69 Å². The Balaban J connectivity index is 1.76. The number of anilines is 1. The summed E-state index contributed by atoms with van der Waals surface area (Å²) >= 11 is 0.934. The SMILES string of the molecule is COc1ccc(CS(=O)(=O)Nc2nsc(-c3cccc([N+](=O)[O-])c3)n2)cc1OC. The number of benzene rings is 2. The van der Waals surface area contributed by atoms with Crippen LogP contribution in [0.25, 0.3) is 10.6 Å². The molecule has 10 nitrogen and oxygen atoms in total. The Kier molecular flexibility index (Phi) is 5.94. The molecule has 1 N–H and O–H groups in total. The Hall–Kier alpha value is -3.25. The Labute approximate surface area is 170 Å². The van der Waals surface area contributed by atoms with E-state index >= 15 is 0 Å². The largest absolute Gasteiger partial charge is 0.493 e. The van der Waals surface area contributed by atoms with Gasteiger partial charge in [0.2, 0.25) is 16.0 Å². The summed E-state index contributed by atoms with van der Waals surface area (Å²) in [6.45, 7) is 0. The third kappa shape index (κ3) is 4.97. The summed E-state index contributed by atoms with van der Waals surface area (Å²) in [5.41, 5.74) is 0.875. The van der Waals surface area contributed by atoms with Gasteiger partial charge in [-0.25, -0.2) is 8.42 Å². The van der Waals surface area contributed by atoms with Crippen molar-refractivity contribution < 1.29 is 22.8 Å². The summed E-state index contributed by atoms with van der Waals surface area (Å²) in [6.07, 6.45) is 0. The van der Waals surface area contributed by atoms with Gasteiger partial charge in [0.1, 0.15) is 5.01 Å². The van der Waals surface area contributed by atoms with E-state index in [0.717, 1.165) is 11.5 Å². The molecule has 1 aromatic heterocycles. The molecule has 0 fully saturated rings. The number of non-ortho nitro benzene ring substituents is 1. The van der Waals surface area contributed by atoms with Gasteiger partial charge in [-0.1, -0.05) is 18.2 Å². The highest BCUT2D eigenvalue weighted by Crippen LogP contribution is 2.29. The Morgan fingerprint density at radius 1 is 1.14 bits per heavy atom. The van der Waals surface area contributed by atoms with Crippen LogP contribution in [0.15, 0.2) is 42.5 Å². The molecule has 1 heterocycles. The zero-order chi connectivity index (χ0) is 21.0. The van der Waals surface area contributed by atoms with Gasteiger partial charge in [-0.05, 0) is 29.2 Å². The van der Waals surface area contributed by atoms with E-state index in [1.807, 2.05) is 0 Å². The smallest absolute Gasteiger partial charge is 0.270 e. The zero-order valence-electron chi connectivity index (χ0n) is 15.4. The van der Waals surface area contributed by atoms with E-state index in [1.165, 1.54) is 32.4 Å². The lowest BCUT2D eigenvalue weighted by Crippen LogP contribution is -2.16. The van der Waals surface area contributed by atoms with E-state index in [2.05, 4.69) is 14.1 Å². The van der Waals surface area contributed by atoms with Crippen molar-refractivity contribution in [1.29, 1.82) is 0 Å². The first-order valence-electron chi connectivity index (χ1n) is 8.11. The molecule has 0 bridgehead atoms. The van der Waals surface area contributed by atoms with Crippen LogP contribution in [0.1, 0.15) is 5.56 Å². The van der Waals surface area contributed by atoms with Crippen molar-refractivity contribution >= 4 is 33.2 Å². The molecule has 0 saturated carbocycles. The lowest BCUT2D eigenvalue weighted by Gasteiger charge is -2.10. The first-order valence-corrected chi connectivity index (χ1v) is 10.5. The molecule has 0 aliphatic heterocycles. The van der Waals surface area contributed by atoms with Crippen LogP contribution in [0.5, 0.6) is 11.5 Å². The number of aromatic nitrogens is 2. The molecular weight excluding hydrogens is 420 g/mol. The van der Waals surface area contributed by atoms with Crippen molar-refractivity contribution in [1.82, 2.24) is 9.36 Å². The maximum absolute atomic E-state index is 12.5. The van der Waals surface area contributed by atoms with Gasteiger partial charge in [-0.2, -0.15) is 9.36 Å². The van der Waals surface area contributed by atoms with Crippen LogP contribution in [0.2, 0.25) is 0 Å². The fourth-order valence-corrected chi connectivity index (χ4v) is 4.24. The topological polar surface area (TPSA) is 134 Å².